The third kappa shape index (κ3) is 5.90. The van der Waals surface area contributed by atoms with Gasteiger partial charge in [-0.1, -0.05) is 0 Å². The Bertz CT molecular complexity index is 188. The molecule has 1 saturated heterocycles. The van der Waals surface area contributed by atoms with Crippen molar-refractivity contribution in [3.05, 3.63) is 0 Å². The lowest BCUT2D eigenvalue weighted by atomic mass is 10.2. The Labute approximate surface area is 92.8 Å². The predicted molar refractivity (Wildman–Crippen MR) is 61.0 cm³/mol. The predicted octanol–water partition coefficient (Wildman–Crippen LogP) is 1.86. The Morgan fingerprint density at radius 3 is 2.87 bits per heavy atom. The normalized spacial score (nSPS) is 21.1. The Hall–Kier alpha value is -0.410. The average Bonchev–Trinajstić information content (AvgIpc) is 2.64. The van der Waals surface area contributed by atoms with E-state index >= 15 is 0 Å². The van der Waals surface area contributed by atoms with Crippen LogP contribution in [0.1, 0.15) is 39.0 Å². The van der Waals surface area contributed by atoms with E-state index in [2.05, 4.69) is 11.9 Å². The van der Waals surface area contributed by atoms with Crippen molar-refractivity contribution in [2.45, 2.75) is 45.1 Å². The topological polar surface area (TPSA) is 29.5 Å². The van der Waals surface area contributed by atoms with Crippen LogP contribution in [-0.4, -0.2) is 43.5 Å². The average molecular weight is 213 g/mol. The highest BCUT2D eigenvalue weighted by atomic mass is 16.5. The van der Waals surface area contributed by atoms with E-state index in [1.807, 2.05) is 0 Å². The van der Waals surface area contributed by atoms with Gasteiger partial charge in [-0.05, 0) is 46.2 Å². The lowest BCUT2D eigenvalue weighted by Gasteiger charge is -2.20. The number of carbonyl (C=O) groups is 1. The first-order valence-electron chi connectivity index (χ1n) is 5.98. The third-order valence-electron chi connectivity index (χ3n) is 2.86. The van der Waals surface area contributed by atoms with Crippen molar-refractivity contribution in [3.8, 4) is 0 Å². The molecular weight excluding hydrogens is 190 g/mol. The number of Topliss-reactive ketones (excluding diaryl/α,β-unsaturated/α-hetero) is 1. The maximum Gasteiger partial charge on any atom is 0.129 e. The second-order valence-corrected chi connectivity index (χ2v) is 4.56. The Balaban J connectivity index is 1.97. The maximum atomic E-state index is 10.7. The first-order chi connectivity index (χ1) is 7.18. The van der Waals surface area contributed by atoms with E-state index in [9.17, 15) is 4.79 Å². The van der Waals surface area contributed by atoms with Gasteiger partial charge in [0, 0.05) is 19.6 Å². The van der Waals surface area contributed by atoms with Gasteiger partial charge in [-0.2, -0.15) is 0 Å². The van der Waals surface area contributed by atoms with Gasteiger partial charge >= 0.3 is 0 Å². The monoisotopic (exact) mass is 213 g/mol. The number of nitrogens with zero attached hydrogens (tertiary/aromatic N) is 1. The van der Waals surface area contributed by atoms with E-state index in [-0.39, 0.29) is 0 Å². The molecule has 88 valence electrons. The minimum absolute atomic E-state index is 0.303. The fourth-order valence-corrected chi connectivity index (χ4v) is 1.98. The number of ether oxygens (including phenoxy) is 1. The first kappa shape index (κ1) is 12.7. The molecule has 1 rings (SSSR count). The van der Waals surface area contributed by atoms with Crippen LogP contribution in [0.5, 0.6) is 0 Å². The second-order valence-electron chi connectivity index (χ2n) is 4.56. The molecule has 15 heavy (non-hydrogen) atoms. The molecule has 3 heteroatoms. The molecule has 0 radical (unpaired) electrons. The highest BCUT2D eigenvalue weighted by Gasteiger charge is 2.16. The van der Waals surface area contributed by atoms with Gasteiger partial charge < -0.3 is 14.4 Å². The van der Waals surface area contributed by atoms with E-state index in [4.69, 9.17) is 4.74 Å². The van der Waals surface area contributed by atoms with Gasteiger partial charge in [0.25, 0.3) is 0 Å². The SMILES string of the molecule is CC(=O)CCCCN(C)CC1CCCO1. The van der Waals surface area contributed by atoms with Crippen molar-refractivity contribution in [2.75, 3.05) is 26.7 Å². The molecule has 1 aliphatic rings. The molecule has 1 atom stereocenters. The first-order valence-corrected chi connectivity index (χ1v) is 5.98. The number of ketones is 1. The van der Waals surface area contributed by atoms with Gasteiger partial charge in [-0.25, -0.2) is 0 Å². The number of hydrogen-bond donors (Lipinski definition) is 0. The Morgan fingerprint density at radius 2 is 2.27 bits per heavy atom. The zero-order valence-corrected chi connectivity index (χ0v) is 10.00. The Morgan fingerprint density at radius 1 is 1.47 bits per heavy atom. The van der Waals surface area contributed by atoms with Crippen LogP contribution in [0.2, 0.25) is 0 Å². The molecule has 1 fully saturated rings. The van der Waals surface area contributed by atoms with Crippen LogP contribution in [-0.2, 0) is 9.53 Å². The van der Waals surface area contributed by atoms with E-state index in [0.29, 0.717) is 11.9 Å². The quantitative estimate of drug-likeness (QED) is 0.605. The summed E-state index contributed by atoms with van der Waals surface area (Å²) in [6.07, 6.45) is 5.73. The van der Waals surface area contributed by atoms with Crippen molar-refractivity contribution < 1.29 is 9.53 Å². The number of likely N-dealkylation sites (N-methyl/N-ethyl adjacent to an activating group) is 1. The summed E-state index contributed by atoms with van der Waals surface area (Å²) < 4.78 is 5.57. The van der Waals surface area contributed by atoms with E-state index in [0.717, 1.165) is 39.0 Å². The van der Waals surface area contributed by atoms with Gasteiger partial charge in [0.15, 0.2) is 0 Å². The highest BCUT2D eigenvalue weighted by molar-refractivity contribution is 5.75. The zero-order valence-electron chi connectivity index (χ0n) is 10.00. The van der Waals surface area contributed by atoms with Crippen molar-refractivity contribution in [1.82, 2.24) is 4.90 Å². The van der Waals surface area contributed by atoms with Crippen LogP contribution in [0.15, 0.2) is 0 Å². The molecule has 0 aromatic heterocycles. The molecule has 0 aliphatic carbocycles. The molecule has 0 bridgehead atoms. The van der Waals surface area contributed by atoms with E-state index in [1.165, 1.54) is 12.8 Å². The highest BCUT2D eigenvalue weighted by Crippen LogP contribution is 2.12. The summed E-state index contributed by atoms with van der Waals surface area (Å²) in [6.45, 7) is 4.71. The number of carbonyl (C=O) groups excluding carboxylic acids is 1. The molecule has 1 unspecified atom stereocenters. The summed E-state index contributed by atoms with van der Waals surface area (Å²) in [6, 6.07) is 0. The molecule has 0 N–H and O–H groups in total. The summed E-state index contributed by atoms with van der Waals surface area (Å²) in [7, 11) is 2.13. The summed E-state index contributed by atoms with van der Waals surface area (Å²) in [5.74, 6) is 0.303. The lowest BCUT2D eigenvalue weighted by molar-refractivity contribution is -0.117. The third-order valence-corrected chi connectivity index (χ3v) is 2.86. The van der Waals surface area contributed by atoms with Crippen LogP contribution >= 0.6 is 0 Å². The molecule has 0 aromatic carbocycles. The lowest BCUT2D eigenvalue weighted by Crippen LogP contribution is -2.29. The smallest absolute Gasteiger partial charge is 0.129 e. The minimum Gasteiger partial charge on any atom is -0.377 e. The van der Waals surface area contributed by atoms with Crippen LogP contribution in [0.25, 0.3) is 0 Å². The standard InChI is InChI=1S/C12H23NO2/c1-11(14)6-3-4-8-13(2)10-12-7-5-9-15-12/h12H,3-10H2,1-2H3. The molecule has 0 aromatic rings. The summed E-state index contributed by atoms with van der Waals surface area (Å²) in [5, 5.41) is 0. The van der Waals surface area contributed by atoms with Crippen LogP contribution in [0, 0.1) is 0 Å². The van der Waals surface area contributed by atoms with Crippen LogP contribution in [0.4, 0.5) is 0 Å². The van der Waals surface area contributed by atoms with E-state index < -0.39 is 0 Å². The van der Waals surface area contributed by atoms with Crippen molar-refractivity contribution >= 4 is 5.78 Å². The number of rotatable bonds is 7. The summed E-state index contributed by atoms with van der Waals surface area (Å²) in [4.78, 5) is 13.0. The molecule has 3 nitrogen and oxygen atoms in total. The van der Waals surface area contributed by atoms with Gasteiger partial charge in [-0.3, -0.25) is 0 Å². The fourth-order valence-electron chi connectivity index (χ4n) is 1.98. The minimum atomic E-state index is 0.303. The van der Waals surface area contributed by atoms with Crippen molar-refractivity contribution in [1.29, 1.82) is 0 Å². The van der Waals surface area contributed by atoms with Gasteiger partial charge in [0.2, 0.25) is 0 Å². The zero-order chi connectivity index (χ0) is 11.1. The van der Waals surface area contributed by atoms with Crippen LogP contribution in [0.3, 0.4) is 0 Å². The number of hydrogen-bond acceptors (Lipinski definition) is 3. The fraction of sp³-hybridized carbons (Fsp3) is 0.917. The molecule has 0 saturated carbocycles. The Kier molecular flexibility index (Phi) is 5.88. The molecule has 0 amide bonds. The molecule has 0 spiro atoms. The molecule has 1 aliphatic heterocycles. The summed E-state index contributed by atoms with van der Waals surface area (Å²) in [5.41, 5.74) is 0. The van der Waals surface area contributed by atoms with Crippen LogP contribution < -0.4 is 0 Å². The molecular formula is C12H23NO2. The maximum absolute atomic E-state index is 10.7. The van der Waals surface area contributed by atoms with Crippen molar-refractivity contribution in [3.63, 3.8) is 0 Å². The van der Waals surface area contributed by atoms with Gasteiger partial charge in [0.05, 0.1) is 6.10 Å². The second kappa shape index (κ2) is 6.96. The largest absolute Gasteiger partial charge is 0.377 e. The number of unbranched alkanes of at least 4 members (excludes halogenated alkanes) is 1. The van der Waals surface area contributed by atoms with Crippen molar-refractivity contribution in [2.24, 2.45) is 0 Å². The van der Waals surface area contributed by atoms with Gasteiger partial charge in [0.1, 0.15) is 5.78 Å². The molecule has 1 heterocycles. The summed E-state index contributed by atoms with van der Waals surface area (Å²) >= 11 is 0. The van der Waals surface area contributed by atoms with E-state index in [1.54, 1.807) is 6.92 Å². The van der Waals surface area contributed by atoms with Gasteiger partial charge in [-0.15, -0.1) is 0 Å².